The van der Waals surface area contributed by atoms with E-state index in [0.29, 0.717) is 17.7 Å². The normalized spacial score (nSPS) is 16.9. The Bertz CT molecular complexity index is 757. The summed E-state index contributed by atoms with van der Waals surface area (Å²) in [6.45, 7) is 0.642. The van der Waals surface area contributed by atoms with E-state index in [0.717, 1.165) is 18.4 Å². The maximum atomic E-state index is 13.1. The second-order valence-electron chi connectivity index (χ2n) is 5.78. The van der Waals surface area contributed by atoms with E-state index >= 15 is 0 Å². The molecule has 1 amide bonds. The number of benzene rings is 2. The second kappa shape index (κ2) is 6.83. The van der Waals surface area contributed by atoms with Crippen molar-refractivity contribution in [3.8, 4) is 0 Å². The van der Waals surface area contributed by atoms with Crippen LogP contribution in [0.5, 0.6) is 0 Å². The molecule has 2 aromatic carbocycles. The third-order valence-corrected chi connectivity index (χ3v) is 4.30. The molecule has 0 N–H and O–H groups in total. The van der Waals surface area contributed by atoms with E-state index in [9.17, 15) is 14.0 Å². The molecule has 0 saturated carbocycles. The van der Waals surface area contributed by atoms with Gasteiger partial charge in [0.15, 0.2) is 0 Å². The van der Waals surface area contributed by atoms with Crippen LogP contribution in [0.2, 0.25) is 0 Å². The van der Waals surface area contributed by atoms with Gasteiger partial charge in [0.25, 0.3) is 5.91 Å². The highest BCUT2D eigenvalue weighted by molar-refractivity contribution is 5.98. The molecule has 124 valence electrons. The summed E-state index contributed by atoms with van der Waals surface area (Å²) in [7, 11) is 1.31. The van der Waals surface area contributed by atoms with Gasteiger partial charge in [-0.3, -0.25) is 4.79 Å². The third kappa shape index (κ3) is 3.15. The van der Waals surface area contributed by atoms with Crippen LogP contribution in [-0.4, -0.2) is 30.4 Å². The predicted octanol–water partition coefficient (Wildman–Crippen LogP) is 3.59. The number of hydrogen-bond acceptors (Lipinski definition) is 3. The fourth-order valence-corrected chi connectivity index (χ4v) is 3.10. The number of esters is 1. The van der Waals surface area contributed by atoms with Crippen LogP contribution in [-0.2, 0) is 4.74 Å². The average Bonchev–Trinajstić information content (AvgIpc) is 3.10. The highest BCUT2D eigenvalue weighted by Gasteiger charge is 2.30. The first-order valence-electron chi connectivity index (χ1n) is 7.85. The summed E-state index contributed by atoms with van der Waals surface area (Å²) in [5.74, 6) is -0.894. The van der Waals surface area contributed by atoms with Gasteiger partial charge in [-0.05, 0) is 48.7 Å². The van der Waals surface area contributed by atoms with Gasteiger partial charge >= 0.3 is 5.97 Å². The van der Waals surface area contributed by atoms with Crippen LogP contribution in [0, 0.1) is 5.82 Å². The quantitative estimate of drug-likeness (QED) is 0.810. The number of hydrogen-bond donors (Lipinski definition) is 0. The van der Waals surface area contributed by atoms with Gasteiger partial charge in [-0.15, -0.1) is 0 Å². The lowest BCUT2D eigenvalue weighted by Gasteiger charge is -2.25. The number of ether oxygens (including phenoxy) is 1. The first kappa shape index (κ1) is 16.2. The Kier molecular flexibility index (Phi) is 4.60. The lowest BCUT2D eigenvalue weighted by atomic mass is 10.0. The number of halogens is 1. The highest BCUT2D eigenvalue weighted by Crippen LogP contribution is 2.33. The van der Waals surface area contributed by atoms with Crippen molar-refractivity contribution in [2.24, 2.45) is 0 Å². The van der Waals surface area contributed by atoms with Crippen LogP contribution in [0.1, 0.15) is 45.2 Å². The maximum absolute atomic E-state index is 13.1. The number of amides is 1. The Morgan fingerprint density at radius 2 is 1.83 bits per heavy atom. The molecule has 1 atom stereocenters. The van der Waals surface area contributed by atoms with Gasteiger partial charge in [0.2, 0.25) is 0 Å². The molecule has 1 fully saturated rings. The van der Waals surface area contributed by atoms with Gasteiger partial charge in [-0.25, -0.2) is 9.18 Å². The topological polar surface area (TPSA) is 46.6 Å². The van der Waals surface area contributed by atoms with Crippen molar-refractivity contribution in [2.75, 3.05) is 13.7 Å². The molecular weight excluding hydrogens is 309 g/mol. The first-order chi connectivity index (χ1) is 11.6. The van der Waals surface area contributed by atoms with Crippen molar-refractivity contribution in [1.29, 1.82) is 0 Å². The largest absolute Gasteiger partial charge is 0.465 e. The molecule has 24 heavy (non-hydrogen) atoms. The average molecular weight is 327 g/mol. The van der Waals surface area contributed by atoms with E-state index in [1.807, 2.05) is 0 Å². The van der Waals surface area contributed by atoms with Crippen molar-refractivity contribution in [3.05, 3.63) is 71.0 Å². The molecular formula is C19H18FNO3. The molecule has 0 bridgehead atoms. The van der Waals surface area contributed by atoms with Crippen LogP contribution >= 0.6 is 0 Å². The summed E-state index contributed by atoms with van der Waals surface area (Å²) in [4.78, 5) is 26.3. The number of likely N-dealkylation sites (tertiary alicyclic amines) is 1. The molecule has 2 aromatic rings. The van der Waals surface area contributed by atoms with Gasteiger partial charge in [-0.2, -0.15) is 0 Å². The summed E-state index contributed by atoms with van der Waals surface area (Å²) < 4.78 is 17.8. The predicted molar refractivity (Wildman–Crippen MR) is 87.2 cm³/mol. The zero-order valence-electron chi connectivity index (χ0n) is 13.4. The summed E-state index contributed by atoms with van der Waals surface area (Å²) in [6, 6.07) is 12.7. The van der Waals surface area contributed by atoms with E-state index in [4.69, 9.17) is 4.74 Å². The van der Waals surface area contributed by atoms with E-state index < -0.39 is 5.97 Å². The zero-order valence-corrected chi connectivity index (χ0v) is 13.4. The minimum absolute atomic E-state index is 0.0696. The minimum Gasteiger partial charge on any atom is -0.465 e. The van der Waals surface area contributed by atoms with Gasteiger partial charge in [-0.1, -0.05) is 18.2 Å². The molecule has 0 unspecified atom stereocenters. The van der Waals surface area contributed by atoms with Crippen molar-refractivity contribution in [3.63, 3.8) is 0 Å². The third-order valence-electron chi connectivity index (χ3n) is 4.30. The Morgan fingerprint density at radius 3 is 2.54 bits per heavy atom. The van der Waals surface area contributed by atoms with E-state index in [1.165, 1.54) is 19.2 Å². The number of methoxy groups -OCH3 is 1. The number of carbonyl (C=O) groups is 2. The molecule has 0 radical (unpaired) electrons. The molecule has 0 aromatic heterocycles. The number of nitrogens with zero attached hydrogens (tertiary/aromatic N) is 1. The number of rotatable bonds is 3. The van der Waals surface area contributed by atoms with Gasteiger partial charge < -0.3 is 9.64 Å². The lowest BCUT2D eigenvalue weighted by Crippen LogP contribution is -2.30. The Morgan fingerprint density at radius 1 is 1.12 bits per heavy atom. The van der Waals surface area contributed by atoms with E-state index in [1.54, 1.807) is 41.3 Å². The SMILES string of the molecule is COC(=O)c1cccc(C(=O)N2CCC[C@H]2c2ccc(F)cc2)c1. The van der Waals surface area contributed by atoms with Crippen LogP contribution in [0.25, 0.3) is 0 Å². The standard InChI is InChI=1S/C19H18FNO3/c1-24-19(23)15-5-2-4-14(12-15)18(22)21-11-3-6-17(21)13-7-9-16(20)10-8-13/h2,4-5,7-10,12,17H,3,6,11H2,1H3/t17-/m0/s1. The Hall–Kier alpha value is -2.69. The van der Waals surface area contributed by atoms with Crippen molar-refractivity contribution in [1.82, 2.24) is 4.90 Å². The molecule has 1 saturated heterocycles. The van der Waals surface area contributed by atoms with Gasteiger partial charge in [0, 0.05) is 12.1 Å². The smallest absolute Gasteiger partial charge is 0.337 e. The van der Waals surface area contributed by atoms with E-state index in [-0.39, 0.29) is 17.8 Å². The van der Waals surface area contributed by atoms with Gasteiger partial charge in [0.1, 0.15) is 5.82 Å². The number of carbonyl (C=O) groups excluding carboxylic acids is 2. The summed E-state index contributed by atoms with van der Waals surface area (Å²) in [6.07, 6.45) is 1.73. The Labute approximate surface area is 139 Å². The molecule has 1 aliphatic rings. The highest BCUT2D eigenvalue weighted by atomic mass is 19.1. The zero-order chi connectivity index (χ0) is 17.1. The maximum Gasteiger partial charge on any atom is 0.337 e. The van der Waals surface area contributed by atoms with Crippen molar-refractivity contribution >= 4 is 11.9 Å². The van der Waals surface area contributed by atoms with Crippen molar-refractivity contribution in [2.45, 2.75) is 18.9 Å². The first-order valence-corrected chi connectivity index (χ1v) is 7.85. The summed E-state index contributed by atoms with van der Waals surface area (Å²) in [5, 5.41) is 0. The molecule has 1 heterocycles. The molecule has 4 nitrogen and oxygen atoms in total. The lowest BCUT2D eigenvalue weighted by molar-refractivity contribution is 0.0600. The monoisotopic (exact) mass is 327 g/mol. The second-order valence-corrected chi connectivity index (χ2v) is 5.78. The summed E-state index contributed by atoms with van der Waals surface area (Å²) in [5.41, 5.74) is 1.72. The van der Waals surface area contributed by atoms with Crippen LogP contribution in [0.15, 0.2) is 48.5 Å². The van der Waals surface area contributed by atoms with Crippen LogP contribution in [0.3, 0.4) is 0 Å². The minimum atomic E-state index is -0.471. The fraction of sp³-hybridized carbons (Fsp3) is 0.263. The Balaban J connectivity index is 1.86. The van der Waals surface area contributed by atoms with E-state index in [2.05, 4.69) is 0 Å². The van der Waals surface area contributed by atoms with Crippen LogP contribution in [0.4, 0.5) is 4.39 Å². The van der Waals surface area contributed by atoms with Gasteiger partial charge in [0.05, 0.1) is 18.7 Å². The molecule has 1 aliphatic heterocycles. The molecule has 0 spiro atoms. The fourth-order valence-electron chi connectivity index (χ4n) is 3.10. The molecule has 0 aliphatic carbocycles. The molecule has 3 rings (SSSR count). The summed E-state index contributed by atoms with van der Waals surface area (Å²) >= 11 is 0. The van der Waals surface area contributed by atoms with Crippen LogP contribution < -0.4 is 0 Å². The van der Waals surface area contributed by atoms with Crippen molar-refractivity contribution < 1.29 is 18.7 Å². The molecule has 5 heteroatoms.